The Kier molecular flexibility index (Phi) is 7.14. The van der Waals surface area contributed by atoms with E-state index in [9.17, 15) is 9.59 Å². The van der Waals surface area contributed by atoms with Gasteiger partial charge in [0.15, 0.2) is 18.1 Å². The third-order valence-electron chi connectivity index (χ3n) is 5.31. The average Bonchev–Trinajstić information content (AvgIpc) is 2.73. The van der Waals surface area contributed by atoms with Crippen LogP contribution < -0.4 is 14.8 Å². The first kappa shape index (κ1) is 20.5. The molecule has 0 spiro atoms. The molecule has 2 aliphatic heterocycles. The van der Waals surface area contributed by atoms with Crippen molar-refractivity contribution in [3.63, 3.8) is 0 Å². The van der Waals surface area contributed by atoms with E-state index in [1.807, 2.05) is 23.6 Å². The number of ether oxygens (including phenoxy) is 2. The minimum Gasteiger partial charge on any atom is -0.490 e. The fraction of sp³-hybridized carbons (Fsp3) is 0.619. The Hall–Kier alpha value is -2.28. The summed E-state index contributed by atoms with van der Waals surface area (Å²) in [5, 5.41) is 3.29. The molecule has 3 rings (SSSR count). The Balaban J connectivity index is 1.68. The zero-order chi connectivity index (χ0) is 19.9. The van der Waals surface area contributed by atoms with Gasteiger partial charge in [0.1, 0.15) is 0 Å². The van der Waals surface area contributed by atoms with Crippen molar-refractivity contribution in [2.75, 3.05) is 45.9 Å². The summed E-state index contributed by atoms with van der Waals surface area (Å²) in [6, 6.07) is 5.35. The van der Waals surface area contributed by atoms with Gasteiger partial charge < -0.3 is 24.6 Å². The predicted molar refractivity (Wildman–Crippen MR) is 107 cm³/mol. The summed E-state index contributed by atoms with van der Waals surface area (Å²) in [6.07, 6.45) is 3.29. The second kappa shape index (κ2) is 9.78. The third kappa shape index (κ3) is 4.95. The Morgan fingerprint density at radius 1 is 1.11 bits per heavy atom. The highest BCUT2D eigenvalue weighted by molar-refractivity contribution is 5.95. The lowest BCUT2D eigenvalue weighted by Gasteiger charge is -2.34. The molecule has 0 radical (unpaired) electrons. The number of piperidine rings is 1. The van der Waals surface area contributed by atoms with Crippen molar-refractivity contribution in [1.82, 2.24) is 15.1 Å². The second-order valence-electron chi connectivity index (χ2n) is 7.38. The molecule has 1 aromatic carbocycles. The quantitative estimate of drug-likeness (QED) is 0.805. The molecule has 2 amide bonds. The first-order chi connectivity index (χ1) is 13.6. The van der Waals surface area contributed by atoms with E-state index >= 15 is 0 Å². The predicted octanol–water partition coefficient (Wildman–Crippen LogP) is 1.91. The average molecular weight is 389 g/mol. The molecule has 154 valence electrons. The van der Waals surface area contributed by atoms with Crippen molar-refractivity contribution >= 4 is 11.8 Å². The summed E-state index contributed by atoms with van der Waals surface area (Å²) >= 11 is 0. The monoisotopic (exact) mass is 389 g/mol. The van der Waals surface area contributed by atoms with Crippen molar-refractivity contribution in [3.05, 3.63) is 23.8 Å². The summed E-state index contributed by atoms with van der Waals surface area (Å²) in [4.78, 5) is 29.0. The highest BCUT2D eigenvalue weighted by atomic mass is 16.5. The zero-order valence-corrected chi connectivity index (χ0v) is 16.9. The number of carbonyl (C=O) groups is 2. The lowest BCUT2D eigenvalue weighted by atomic mass is 10.1. The standard InChI is InChI=1S/C21H31N3O4/c1-3-27-19-13-17(21(26)24-12-9-22-14-16(24)2)7-8-18(19)28-15-20(25)23-10-5-4-6-11-23/h7-8,13,16,22H,3-6,9-12,14-15H2,1-2H3/t16-/m0/s1. The van der Waals surface area contributed by atoms with Gasteiger partial charge in [-0.05, 0) is 51.3 Å². The maximum absolute atomic E-state index is 12.9. The topological polar surface area (TPSA) is 71.1 Å². The van der Waals surface area contributed by atoms with E-state index in [2.05, 4.69) is 5.32 Å². The van der Waals surface area contributed by atoms with Crippen LogP contribution in [0.5, 0.6) is 11.5 Å². The number of nitrogens with zero attached hydrogens (tertiary/aromatic N) is 2. The Morgan fingerprint density at radius 2 is 1.89 bits per heavy atom. The third-order valence-corrected chi connectivity index (χ3v) is 5.31. The summed E-state index contributed by atoms with van der Waals surface area (Å²) in [5.74, 6) is 0.988. The minimum absolute atomic E-state index is 0.00283. The fourth-order valence-electron chi connectivity index (χ4n) is 3.71. The van der Waals surface area contributed by atoms with Crippen LogP contribution in [0.4, 0.5) is 0 Å². The van der Waals surface area contributed by atoms with Gasteiger partial charge in [0.05, 0.1) is 6.61 Å². The van der Waals surface area contributed by atoms with Crippen LogP contribution >= 0.6 is 0 Å². The molecule has 0 aromatic heterocycles. The van der Waals surface area contributed by atoms with Gasteiger partial charge in [0.2, 0.25) is 0 Å². The van der Waals surface area contributed by atoms with Crippen LogP contribution in [0.3, 0.4) is 0 Å². The lowest BCUT2D eigenvalue weighted by molar-refractivity contribution is -0.134. The zero-order valence-electron chi connectivity index (χ0n) is 16.9. The van der Waals surface area contributed by atoms with Gasteiger partial charge in [-0.2, -0.15) is 0 Å². The smallest absolute Gasteiger partial charge is 0.260 e. The number of rotatable bonds is 6. The van der Waals surface area contributed by atoms with Gasteiger partial charge in [0.25, 0.3) is 11.8 Å². The highest BCUT2D eigenvalue weighted by Crippen LogP contribution is 2.29. The van der Waals surface area contributed by atoms with Crippen molar-refractivity contribution < 1.29 is 19.1 Å². The van der Waals surface area contributed by atoms with Gasteiger partial charge in [-0.1, -0.05) is 0 Å². The van der Waals surface area contributed by atoms with Crippen LogP contribution in [-0.2, 0) is 4.79 Å². The molecule has 2 heterocycles. The van der Waals surface area contributed by atoms with Crippen LogP contribution in [0, 0.1) is 0 Å². The molecule has 7 heteroatoms. The van der Waals surface area contributed by atoms with Gasteiger partial charge >= 0.3 is 0 Å². The van der Waals surface area contributed by atoms with E-state index in [4.69, 9.17) is 9.47 Å². The van der Waals surface area contributed by atoms with E-state index in [0.717, 1.165) is 39.0 Å². The molecular weight excluding hydrogens is 358 g/mol. The molecule has 0 unspecified atom stereocenters. The molecule has 1 atom stereocenters. The largest absolute Gasteiger partial charge is 0.490 e. The number of hydrogen-bond acceptors (Lipinski definition) is 5. The highest BCUT2D eigenvalue weighted by Gasteiger charge is 2.25. The normalized spacial score (nSPS) is 20.0. The fourth-order valence-corrected chi connectivity index (χ4v) is 3.71. The Morgan fingerprint density at radius 3 is 2.61 bits per heavy atom. The first-order valence-electron chi connectivity index (χ1n) is 10.3. The molecule has 0 bridgehead atoms. The maximum Gasteiger partial charge on any atom is 0.260 e. The van der Waals surface area contributed by atoms with Crippen LogP contribution in [0.2, 0.25) is 0 Å². The number of piperazine rings is 1. The van der Waals surface area contributed by atoms with Crippen molar-refractivity contribution in [2.45, 2.75) is 39.2 Å². The first-order valence-corrected chi connectivity index (χ1v) is 10.3. The van der Waals surface area contributed by atoms with Crippen molar-refractivity contribution in [1.29, 1.82) is 0 Å². The molecular formula is C21H31N3O4. The van der Waals surface area contributed by atoms with Gasteiger partial charge in [-0.15, -0.1) is 0 Å². The van der Waals surface area contributed by atoms with E-state index in [0.29, 0.717) is 30.2 Å². The SMILES string of the molecule is CCOc1cc(C(=O)N2CCNC[C@@H]2C)ccc1OCC(=O)N1CCCCC1. The number of benzene rings is 1. The molecule has 1 aromatic rings. The van der Waals surface area contributed by atoms with Crippen molar-refractivity contribution in [3.8, 4) is 11.5 Å². The van der Waals surface area contributed by atoms with Crippen LogP contribution in [0.25, 0.3) is 0 Å². The number of carbonyl (C=O) groups excluding carboxylic acids is 2. The maximum atomic E-state index is 12.9. The minimum atomic E-state index is -0.0117. The molecule has 7 nitrogen and oxygen atoms in total. The molecule has 1 N–H and O–H groups in total. The number of amides is 2. The van der Waals surface area contributed by atoms with Crippen LogP contribution in [0.15, 0.2) is 18.2 Å². The lowest BCUT2D eigenvalue weighted by Crippen LogP contribution is -2.52. The van der Waals surface area contributed by atoms with E-state index in [-0.39, 0.29) is 24.5 Å². The van der Waals surface area contributed by atoms with Gasteiger partial charge in [-0.25, -0.2) is 0 Å². The van der Waals surface area contributed by atoms with E-state index in [1.54, 1.807) is 18.2 Å². The molecule has 0 saturated carbocycles. The number of nitrogens with one attached hydrogen (secondary N) is 1. The molecule has 2 aliphatic rings. The number of hydrogen-bond donors (Lipinski definition) is 1. The Labute approximate surface area is 167 Å². The molecule has 2 saturated heterocycles. The van der Waals surface area contributed by atoms with Crippen LogP contribution in [0.1, 0.15) is 43.5 Å². The molecule has 28 heavy (non-hydrogen) atoms. The molecule has 0 aliphatic carbocycles. The number of likely N-dealkylation sites (tertiary alicyclic amines) is 1. The Bertz CT molecular complexity index is 688. The van der Waals surface area contributed by atoms with Crippen molar-refractivity contribution in [2.24, 2.45) is 0 Å². The molecule has 2 fully saturated rings. The summed E-state index contributed by atoms with van der Waals surface area (Å²) < 4.78 is 11.4. The summed E-state index contributed by atoms with van der Waals surface area (Å²) in [6.45, 7) is 8.26. The van der Waals surface area contributed by atoms with Crippen LogP contribution in [-0.4, -0.2) is 73.6 Å². The van der Waals surface area contributed by atoms with E-state index in [1.165, 1.54) is 6.42 Å². The van der Waals surface area contributed by atoms with Gasteiger partial charge in [-0.3, -0.25) is 9.59 Å². The second-order valence-corrected chi connectivity index (χ2v) is 7.38. The summed E-state index contributed by atoms with van der Waals surface area (Å²) in [5.41, 5.74) is 0.576. The summed E-state index contributed by atoms with van der Waals surface area (Å²) in [7, 11) is 0. The van der Waals surface area contributed by atoms with E-state index < -0.39 is 0 Å². The van der Waals surface area contributed by atoms with Gasteiger partial charge in [0, 0.05) is 44.3 Å².